The van der Waals surface area contributed by atoms with Crippen LogP contribution in [0.2, 0.25) is 0 Å². The molecule has 1 amide bonds. The molecule has 0 radical (unpaired) electrons. The number of carbonyl (C=O) groups excluding carboxylic acids is 1. The minimum absolute atomic E-state index is 0.244. The Hall–Kier alpha value is -2.55. The monoisotopic (exact) mass is 437 g/mol. The number of guanidine groups is 1. The van der Waals surface area contributed by atoms with Crippen molar-refractivity contribution in [2.75, 3.05) is 44.8 Å². The van der Waals surface area contributed by atoms with Crippen LogP contribution in [0.5, 0.6) is 0 Å². The molecular formula is C22H36FN5O3. The number of halogens is 1. The van der Waals surface area contributed by atoms with Crippen molar-refractivity contribution in [2.24, 2.45) is 4.99 Å². The number of aliphatic imine (C=N–C) groups is 1. The zero-order valence-electron chi connectivity index (χ0n) is 19.5. The summed E-state index contributed by atoms with van der Waals surface area (Å²) in [6.45, 7) is 12.7. The number of benzene rings is 1. The van der Waals surface area contributed by atoms with E-state index in [0.717, 1.165) is 5.56 Å². The first-order valence-electron chi connectivity index (χ1n) is 10.6. The third-order valence-electron chi connectivity index (χ3n) is 4.58. The maximum atomic E-state index is 14.6. The third kappa shape index (κ3) is 8.61. The number of hydrogen-bond donors (Lipinski definition) is 3. The third-order valence-corrected chi connectivity index (χ3v) is 4.58. The summed E-state index contributed by atoms with van der Waals surface area (Å²) >= 11 is 0. The maximum absolute atomic E-state index is 14.6. The number of rotatable bonds is 6. The quantitative estimate of drug-likeness (QED) is 0.469. The Labute approximate surface area is 184 Å². The van der Waals surface area contributed by atoms with Gasteiger partial charge in [0.2, 0.25) is 0 Å². The van der Waals surface area contributed by atoms with Crippen LogP contribution in [-0.2, 0) is 16.0 Å². The fourth-order valence-corrected chi connectivity index (χ4v) is 3.06. The van der Waals surface area contributed by atoms with Crippen LogP contribution >= 0.6 is 0 Å². The van der Waals surface area contributed by atoms with Gasteiger partial charge in [-0.15, -0.1) is 0 Å². The SMILES string of the molecule is CN=C(NCc1ccc(N2CCOCC2)c(F)c1)NCC(C)(C)NC(=O)OC(C)(C)C. The number of amides is 1. The molecule has 1 aromatic carbocycles. The molecule has 1 fully saturated rings. The highest BCUT2D eigenvalue weighted by Crippen LogP contribution is 2.21. The van der Waals surface area contributed by atoms with Gasteiger partial charge in [-0.25, -0.2) is 9.18 Å². The molecule has 1 aliphatic heterocycles. The van der Waals surface area contributed by atoms with Gasteiger partial charge in [0.25, 0.3) is 0 Å². The zero-order chi connectivity index (χ0) is 23.1. The van der Waals surface area contributed by atoms with Crippen molar-refractivity contribution < 1.29 is 18.7 Å². The molecule has 9 heteroatoms. The van der Waals surface area contributed by atoms with E-state index in [4.69, 9.17) is 9.47 Å². The Morgan fingerprint density at radius 2 is 1.87 bits per heavy atom. The molecular weight excluding hydrogens is 401 g/mol. The molecule has 0 saturated carbocycles. The lowest BCUT2D eigenvalue weighted by molar-refractivity contribution is 0.0474. The van der Waals surface area contributed by atoms with Crippen molar-refractivity contribution in [2.45, 2.75) is 52.3 Å². The number of nitrogens with zero attached hydrogens (tertiary/aromatic N) is 2. The van der Waals surface area contributed by atoms with E-state index in [9.17, 15) is 9.18 Å². The average Bonchev–Trinajstić information content (AvgIpc) is 2.67. The Kier molecular flexibility index (Phi) is 8.50. The summed E-state index contributed by atoms with van der Waals surface area (Å²) in [5, 5.41) is 9.19. The molecule has 174 valence electrons. The second kappa shape index (κ2) is 10.7. The maximum Gasteiger partial charge on any atom is 0.408 e. The van der Waals surface area contributed by atoms with E-state index >= 15 is 0 Å². The second-order valence-corrected chi connectivity index (χ2v) is 9.18. The highest BCUT2D eigenvalue weighted by atomic mass is 19.1. The Morgan fingerprint density at radius 1 is 1.19 bits per heavy atom. The number of anilines is 1. The number of morpholine rings is 1. The van der Waals surface area contributed by atoms with Crippen molar-refractivity contribution in [3.63, 3.8) is 0 Å². The molecule has 0 spiro atoms. The van der Waals surface area contributed by atoms with Crippen LogP contribution in [0.4, 0.5) is 14.9 Å². The van der Waals surface area contributed by atoms with E-state index in [-0.39, 0.29) is 5.82 Å². The lowest BCUT2D eigenvalue weighted by Gasteiger charge is -2.29. The fraction of sp³-hybridized carbons (Fsp3) is 0.636. The summed E-state index contributed by atoms with van der Waals surface area (Å²) in [4.78, 5) is 18.2. The molecule has 31 heavy (non-hydrogen) atoms. The van der Waals surface area contributed by atoms with Gasteiger partial charge in [-0.1, -0.05) is 6.07 Å². The predicted octanol–water partition coefficient (Wildman–Crippen LogP) is 2.63. The van der Waals surface area contributed by atoms with Crippen molar-refractivity contribution in [1.29, 1.82) is 0 Å². The van der Waals surface area contributed by atoms with E-state index in [1.807, 2.05) is 51.7 Å². The van der Waals surface area contributed by atoms with E-state index in [0.29, 0.717) is 51.0 Å². The average molecular weight is 438 g/mol. The molecule has 0 aliphatic carbocycles. The van der Waals surface area contributed by atoms with Gasteiger partial charge in [0.15, 0.2) is 5.96 Å². The molecule has 3 N–H and O–H groups in total. The first kappa shape index (κ1) is 24.7. The minimum Gasteiger partial charge on any atom is -0.444 e. The van der Waals surface area contributed by atoms with Gasteiger partial charge in [-0.2, -0.15) is 0 Å². The Morgan fingerprint density at radius 3 is 2.45 bits per heavy atom. The van der Waals surface area contributed by atoms with Crippen molar-refractivity contribution in [3.8, 4) is 0 Å². The van der Waals surface area contributed by atoms with Crippen LogP contribution in [0.1, 0.15) is 40.2 Å². The summed E-state index contributed by atoms with van der Waals surface area (Å²) in [7, 11) is 1.66. The molecule has 2 rings (SSSR count). The first-order valence-corrected chi connectivity index (χ1v) is 10.6. The standard InChI is InChI=1S/C22H36FN5O3/c1-21(2,3)31-20(29)27-22(4,5)15-26-19(24-6)25-14-16-7-8-18(17(23)13-16)28-9-11-30-12-10-28/h7-8,13H,9-12,14-15H2,1-6H3,(H,27,29)(H2,24,25,26). The molecule has 0 unspecified atom stereocenters. The van der Waals surface area contributed by atoms with Crippen LogP contribution in [-0.4, -0.2) is 63.1 Å². The number of alkyl carbamates (subject to hydrolysis) is 1. The summed E-state index contributed by atoms with van der Waals surface area (Å²) < 4.78 is 25.2. The van der Waals surface area contributed by atoms with Crippen LogP contribution < -0.4 is 20.9 Å². The highest BCUT2D eigenvalue weighted by Gasteiger charge is 2.24. The van der Waals surface area contributed by atoms with E-state index in [1.54, 1.807) is 13.1 Å². The second-order valence-electron chi connectivity index (χ2n) is 9.18. The molecule has 1 heterocycles. The Bertz CT molecular complexity index is 771. The van der Waals surface area contributed by atoms with Gasteiger partial charge < -0.3 is 30.3 Å². The zero-order valence-corrected chi connectivity index (χ0v) is 19.5. The largest absolute Gasteiger partial charge is 0.444 e. The lowest BCUT2D eigenvalue weighted by Crippen LogP contribution is -2.54. The van der Waals surface area contributed by atoms with Gasteiger partial charge in [0.05, 0.1) is 24.4 Å². The highest BCUT2D eigenvalue weighted by molar-refractivity contribution is 5.79. The van der Waals surface area contributed by atoms with Gasteiger partial charge in [-0.3, -0.25) is 4.99 Å². The molecule has 1 saturated heterocycles. The molecule has 1 aromatic rings. The lowest BCUT2D eigenvalue weighted by atomic mass is 10.1. The predicted molar refractivity (Wildman–Crippen MR) is 121 cm³/mol. The molecule has 8 nitrogen and oxygen atoms in total. The van der Waals surface area contributed by atoms with Crippen LogP contribution in [0.15, 0.2) is 23.2 Å². The van der Waals surface area contributed by atoms with Crippen LogP contribution in [0.3, 0.4) is 0 Å². The summed E-state index contributed by atoms with van der Waals surface area (Å²) in [6, 6.07) is 5.25. The smallest absolute Gasteiger partial charge is 0.408 e. The number of ether oxygens (including phenoxy) is 2. The fourth-order valence-electron chi connectivity index (χ4n) is 3.06. The van der Waals surface area contributed by atoms with Gasteiger partial charge in [0, 0.05) is 33.2 Å². The van der Waals surface area contributed by atoms with Crippen LogP contribution in [0, 0.1) is 5.82 Å². The minimum atomic E-state index is -0.564. The first-order chi connectivity index (χ1) is 14.5. The number of carbonyl (C=O) groups is 1. The van der Waals surface area contributed by atoms with Crippen molar-refractivity contribution in [3.05, 3.63) is 29.6 Å². The molecule has 0 atom stereocenters. The molecule has 0 aromatic heterocycles. The Balaban J connectivity index is 1.85. The molecule has 1 aliphatic rings. The van der Waals surface area contributed by atoms with Crippen LogP contribution in [0.25, 0.3) is 0 Å². The van der Waals surface area contributed by atoms with Crippen molar-refractivity contribution in [1.82, 2.24) is 16.0 Å². The summed E-state index contributed by atoms with van der Waals surface area (Å²) in [6.07, 6.45) is -0.474. The van der Waals surface area contributed by atoms with Crippen molar-refractivity contribution >= 4 is 17.7 Å². The summed E-state index contributed by atoms with van der Waals surface area (Å²) in [5.74, 6) is 0.309. The van der Waals surface area contributed by atoms with E-state index in [1.165, 1.54) is 0 Å². The normalized spacial score (nSPS) is 15.5. The number of nitrogens with one attached hydrogen (secondary N) is 3. The number of hydrogen-bond acceptors (Lipinski definition) is 5. The van der Waals surface area contributed by atoms with Gasteiger partial charge in [0.1, 0.15) is 11.4 Å². The summed E-state index contributed by atoms with van der Waals surface area (Å²) in [5.41, 5.74) is 0.289. The van der Waals surface area contributed by atoms with E-state index in [2.05, 4.69) is 20.9 Å². The topological polar surface area (TPSA) is 87.2 Å². The molecule has 0 bridgehead atoms. The van der Waals surface area contributed by atoms with E-state index < -0.39 is 17.2 Å². The van der Waals surface area contributed by atoms with Gasteiger partial charge >= 0.3 is 6.09 Å². The van der Waals surface area contributed by atoms with Gasteiger partial charge in [-0.05, 0) is 52.3 Å².